The van der Waals surface area contributed by atoms with Gasteiger partial charge in [0.05, 0.1) is 0 Å². The summed E-state index contributed by atoms with van der Waals surface area (Å²) in [4.78, 5) is 23.8. The summed E-state index contributed by atoms with van der Waals surface area (Å²) in [6.45, 7) is 5.45. The van der Waals surface area contributed by atoms with E-state index in [-0.39, 0.29) is 24.2 Å². The van der Waals surface area contributed by atoms with Crippen LogP contribution in [0.3, 0.4) is 0 Å². The van der Waals surface area contributed by atoms with Crippen LogP contribution in [0, 0.1) is 6.92 Å². The summed E-state index contributed by atoms with van der Waals surface area (Å²) in [6, 6.07) is 5.82. The van der Waals surface area contributed by atoms with E-state index in [9.17, 15) is 9.59 Å². The number of anilines is 1. The van der Waals surface area contributed by atoms with Crippen molar-refractivity contribution >= 4 is 29.9 Å². The number of hydrogen-bond acceptors (Lipinski definition) is 3. The quantitative estimate of drug-likeness (QED) is 0.746. The number of rotatable bonds is 6. The van der Waals surface area contributed by atoms with E-state index < -0.39 is 0 Å². The number of hydrogen-bond donors (Lipinski definition) is 3. The fraction of sp³-hybridized carbons (Fsp3) is 0.529. The molecule has 0 spiro atoms. The maximum Gasteiger partial charge on any atom is 0.251 e. The Kier molecular flexibility index (Phi) is 8.06. The number of carbonyl (C=O) groups excluding carboxylic acids is 2. The van der Waals surface area contributed by atoms with Gasteiger partial charge in [0.2, 0.25) is 5.91 Å². The standard InChI is InChI=1S/C17H25N3O2.ClH/c1-3-18-17(22)13-6-8-15(12(2)11-13)20-16(21)9-7-14-5-4-10-19-14;/h6,8,11,14,19H,3-5,7,9-10H2,1-2H3,(H,18,22)(H,20,21);1H. The molecule has 0 radical (unpaired) electrons. The van der Waals surface area contributed by atoms with Crippen molar-refractivity contribution in [1.29, 1.82) is 0 Å². The van der Waals surface area contributed by atoms with Crippen molar-refractivity contribution in [1.82, 2.24) is 10.6 Å². The summed E-state index contributed by atoms with van der Waals surface area (Å²) in [6.07, 6.45) is 3.76. The lowest BCUT2D eigenvalue weighted by atomic mass is 10.1. The Morgan fingerprint density at radius 3 is 2.74 bits per heavy atom. The Labute approximate surface area is 144 Å². The molecular formula is C17H26ClN3O2. The van der Waals surface area contributed by atoms with Crippen LogP contribution in [0.4, 0.5) is 5.69 Å². The number of halogens is 1. The van der Waals surface area contributed by atoms with E-state index in [4.69, 9.17) is 0 Å². The second-order valence-electron chi connectivity index (χ2n) is 5.77. The number of amides is 2. The number of benzene rings is 1. The highest BCUT2D eigenvalue weighted by atomic mass is 35.5. The predicted molar refractivity (Wildman–Crippen MR) is 95.3 cm³/mol. The molecule has 1 aliphatic rings. The van der Waals surface area contributed by atoms with Gasteiger partial charge in [-0.05, 0) is 63.4 Å². The Bertz CT molecular complexity index is 543. The molecule has 128 valence electrons. The molecule has 2 amide bonds. The van der Waals surface area contributed by atoms with E-state index in [1.807, 2.05) is 13.8 Å². The highest BCUT2D eigenvalue weighted by Crippen LogP contribution is 2.18. The Balaban J connectivity index is 0.00000264. The van der Waals surface area contributed by atoms with E-state index in [0.29, 0.717) is 24.6 Å². The predicted octanol–water partition coefficient (Wildman–Crippen LogP) is 2.64. The first-order valence-electron chi connectivity index (χ1n) is 8.02. The zero-order chi connectivity index (χ0) is 15.9. The lowest BCUT2D eigenvalue weighted by Gasteiger charge is -2.12. The molecule has 1 fully saturated rings. The van der Waals surface area contributed by atoms with Crippen molar-refractivity contribution in [3.63, 3.8) is 0 Å². The number of nitrogens with one attached hydrogen (secondary N) is 3. The van der Waals surface area contributed by atoms with Gasteiger partial charge in [-0.15, -0.1) is 12.4 Å². The maximum atomic E-state index is 12.0. The van der Waals surface area contributed by atoms with E-state index in [1.165, 1.54) is 6.42 Å². The van der Waals surface area contributed by atoms with Gasteiger partial charge >= 0.3 is 0 Å². The van der Waals surface area contributed by atoms with Crippen LogP contribution in [-0.4, -0.2) is 30.9 Å². The summed E-state index contributed by atoms with van der Waals surface area (Å²) in [5.74, 6) is -0.0571. The fourth-order valence-electron chi connectivity index (χ4n) is 2.73. The van der Waals surface area contributed by atoms with Crippen LogP contribution in [0.1, 0.15) is 48.5 Å². The first-order chi connectivity index (χ1) is 10.6. The number of carbonyl (C=O) groups is 2. The van der Waals surface area contributed by atoms with Crippen LogP contribution in [-0.2, 0) is 4.79 Å². The molecule has 23 heavy (non-hydrogen) atoms. The Morgan fingerprint density at radius 1 is 1.35 bits per heavy atom. The summed E-state index contributed by atoms with van der Waals surface area (Å²) in [7, 11) is 0. The van der Waals surface area contributed by atoms with E-state index in [0.717, 1.165) is 30.6 Å². The van der Waals surface area contributed by atoms with Crippen LogP contribution < -0.4 is 16.0 Å². The van der Waals surface area contributed by atoms with Crippen molar-refractivity contribution in [2.75, 3.05) is 18.4 Å². The van der Waals surface area contributed by atoms with Gasteiger partial charge in [0.25, 0.3) is 5.91 Å². The average Bonchev–Trinajstić information content (AvgIpc) is 3.01. The van der Waals surface area contributed by atoms with Crippen molar-refractivity contribution in [2.24, 2.45) is 0 Å². The maximum absolute atomic E-state index is 12.0. The lowest BCUT2D eigenvalue weighted by molar-refractivity contribution is -0.116. The SMILES string of the molecule is CCNC(=O)c1ccc(NC(=O)CCC2CCCN2)c(C)c1.Cl. The van der Waals surface area contributed by atoms with E-state index >= 15 is 0 Å². The van der Waals surface area contributed by atoms with Gasteiger partial charge in [0.1, 0.15) is 0 Å². The van der Waals surface area contributed by atoms with Gasteiger partial charge in [-0.1, -0.05) is 0 Å². The van der Waals surface area contributed by atoms with Crippen LogP contribution >= 0.6 is 12.4 Å². The number of aryl methyl sites for hydroxylation is 1. The summed E-state index contributed by atoms with van der Waals surface area (Å²) < 4.78 is 0. The molecule has 6 heteroatoms. The molecule has 3 N–H and O–H groups in total. The third kappa shape index (κ3) is 5.84. The molecular weight excluding hydrogens is 314 g/mol. The molecule has 1 saturated heterocycles. The second kappa shape index (κ2) is 9.53. The minimum atomic E-state index is -0.0872. The van der Waals surface area contributed by atoms with E-state index in [1.54, 1.807) is 18.2 Å². The zero-order valence-electron chi connectivity index (χ0n) is 13.8. The molecule has 0 bridgehead atoms. The molecule has 0 saturated carbocycles. The van der Waals surface area contributed by atoms with Gasteiger partial charge < -0.3 is 16.0 Å². The molecule has 1 aliphatic heterocycles. The summed E-state index contributed by atoms with van der Waals surface area (Å²) >= 11 is 0. The smallest absolute Gasteiger partial charge is 0.251 e. The third-order valence-electron chi connectivity index (χ3n) is 3.98. The molecule has 1 aromatic carbocycles. The monoisotopic (exact) mass is 339 g/mol. The van der Waals surface area contributed by atoms with Gasteiger partial charge in [-0.3, -0.25) is 9.59 Å². The normalized spacial score (nSPS) is 16.5. The van der Waals surface area contributed by atoms with Gasteiger partial charge in [-0.2, -0.15) is 0 Å². The first-order valence-corrected chi connectivity index (χ1v) is 8.02. The van der Waals surface area contributed by atoms with Gasteiger partial charge in [0, 0.05) is 30.3 Å². The molecule has 1 unspecified atom stereocenters. The van der Waals surface area contributed by atoms with Gasteiger partial charge in [-0.25, -0.2) is 0 Å². The fourth-order valence-corrected chi connectivity index (χ4v) is 2.73. The van der Waals surface area contributed by atoms with Crippen molar-refractivity contribution in [3.8, 4) is 0 Å². The van der Waals surface area contributed by atoms with Crippen molar-refractivity contribution < 1.29 is 9.59 Å². The van der Waals surface area contributed by atoms with E-state index in [2.05, 4.69) is 16.0 Å². The van der Waals surface area contributed by atoms with Crippen LogP contribution in [0.25, 0.3) is 0 Å². The molecule has 1 atom stereocenters. The summed E-state index contributed by atoms with van der Waals surface area (Å²) in [5.41, 5.74) is 2.29. The van der Waals surface area contributed by atoms with Crippen LogP contribution in [0.5, 0.6) is 0 Å². The molecule has 0 aromatic heterocycles. The lowest BCUT2D eigenvalue weighted by Crippen LogP contribution is -2.24. The highest BCUT2D eigenvalue weighted by molar-refractivity contribution is 5.96. The average molecular weight is 340 g/mol. The van der Waals surface area contributed by atoms with Gasteiger partial charge in [0.15, 0.2) is 0 Å². The minimum Gasteiger partial charge on any atom is -0.352 e. The largest absolute Gasteiger partial charge is 0.352 e. The molecule has 1 aromatic rings. The Hall–Kier alpha value is -1.59. The molecule has 2 rings (SSSR count). The topological polar surface area (TPSA) is 70.2 Å². The summed E-state index contributed by atoms with van der Waals surface area (Å²) in [5, 5.41) is 9.10. The van der Waals surface area contributed by atoms with Crippen LogP contribution in [0.15, 0.2) is 18.2 Å². The van der Waals surface area contributed by atoms with Crippen molar-refractivity contribution in [2.45, 2.75) is 45.6 Å². The Morgan fingerprint density at radius 2 is 2.13 bits per heavy atom. The highest BCUT2D eigenvalue weighted by Gasteiger charge is 2.15. The first kappa shape index (κ1) is 19.5. The molecule has 0 aliphatic carbocycles. The second-order valence-corrected chi connectivity index (χ2v) is 5.77. The zero-order valence-corrected chi connectivity index (χ0v) is 14.6. The van der Waals surface area contributed by atoms with Crippen LogP contribution in [0.2, 0.25) is 0 Å². The molecule has 5 nitrogen and oxygen atoms in total. The minimum absolute atomic E-state index is 0. The molecule has 1 heterocycles. The third-order valence-corrected chi connectivity index (χ3v) is 3.98. The van der Waals surface area contributed by atoms with Crippen molar-refractivity contribution in [3.05, 3.63) is 29.3 Å².